The van der Waals surface area contributed by atoms with E-state index in [4.69, 9.17) is 9.15 Å². The van der Waals surface area contributed by atoms with Gasteiger partial charge in [0.1, 0.15) is 6.26 Å². The van der Waals surface area contributed by atoms with Crippen LogP contribution in [0.25, 0.3) is 0 Å². The van der Waals surface area contributed by atoms with Crippen LogP contribution in [-0.4, -0.2) is 48.1 Å². The van der Waals surface area contributed by atoms with Crippen LogP contribution in [0.4, 0.5) is 0 Å². The smallest absolute Gasteiger partial charge is 0.254 e. The number of hydrogen-bond donors (Lipinski definition) is 1. The Morgan fingerprint density at radius 1 is 1.21 bits per heavy atom. The van der Waals surface area contributed by atoms with Gasteiger partial charge in [-0.15, -0.1) is 0 Å². The number of fused-ring (bicyclic) bond motifs is 1. The van der Waals surface area contributed by atoms with Crippen LogP contribution in [0, 0.1) is 17.8 Å². The van der Waals surface area contributed by atoms with Gasteiger partial charge < -0.3 is 19.4 Å². The summed E-state index contributed by atoms with van der Waals surface area (Å²) in [7, 11) is 0. The summed E-state index contributed by atoms with van der Waals surface area (Å²) in [5.74, 6) is 1.41. The predicted octanol–water partition coefficient (Wildman–Crippen LogP) is 2.99. The van der Waals surface area contributed by atoms with Crippen LogP contribution >= 0.6 is 0 Å². The molecule has 1 aliphatic carbocycles. The summed E-state index contributed by atoms with van der Waals surface area (Å²) < 4.78 is 11.4. The van der Waals surface area contributed by atoms with Crippen molar-refractivity contribution in [2.75, 3.05) is 19.6 Å². The van der Waals surface area contributed by atoms with E-state index in [9.17, 15) is 9.59 Å². The first-order chi connectivity index (χ1) is 13.6. The number of ether oxygens (including phenoxy) is 1. The van der Waals surface area contributed by atoms with Crippen molar-refractivity contribution in [2.45, 2.75) is 63.1 Å². The standard InChI is InChI=1S/C22H30N2O4/c25-20(10-15-4-2-1-3-5-15)24-12-18-17(19-6-8-22(18,14-24)28-19)11-23-21(26)16-7-9-27-13-16/h7,9,13,15,17-19H,1-6,8,10-12,14H2,(H,23,26)/t17-,18+,19+,22+/m0/s1. The first-order valence-corrected chi connectivity index (χ1v) is 10.9. The van der Waals surface area contributed by atoms with Gasteiger partial charge in [0.15, 0.2) is 0 Å². The fraction of sp³-hybridized carbons (Fsp3) is 0.727. The minimum Gasteiger partial charge on any atom is -0.472 e. The number of nitrogens with one attached hydrogen (secondary N) is 1. The fourth-order valence-electron chi connectivity index (χ4n) is 6.13. The third kappa shape index (κ3) is 3.15. The number of carbonyl (C=O) groups is 2. The lowest BCUT2D eigenvalue weighted by molar-refractivity contribution is -0.133. The summed E-state index contributed by atoms with van der Waals surface area (Å²) in [5.41, 5.74) is 0.382. The lowest BCUT2D eigenvalue weighted by Crippen LogP contribution is -2.41. The molecule has 3 aliphatic heterocycles. The van der Waals surface area contributed by atoms with Gasteiger partial charge in [0.05, 0.1) is 30.1 Å². The van der Waals surface area contributed by atoms with E-state index >= 15 is 0 Å². The number of hydrogen-bond acceptors (Lipinski definition) is 4. The van der Waals surface area contributed by atoms with Gasteiger partial charge in [-0.1, -0.05) is 19.3 Å². The highest BCUT2D eigenvalue weighted by atomic mass is 16.5. The molecule has 4 aliphatic rings. The second kappa shape index (κ2) is 7.21. The molecule has 1 spiro atoms. The largest absolute Gasteiger partial charge is 0.472 e. The third-order valence-electron chi connectivity index (χ3n) is 7.61. The van der Waals surface area contributed by atoms with Crippen molar-refractivity contribution in [3.05, 3.63) is 24.2 Å². The van der Waals surface area contributed by atoms with Crippen LogP contribution < -0.4 is 5.32 Å². The van der Waals surface area contributed by atoms with Crippen LogP contribution in [0.2, 0.25) is 0 Å². The van der Waals surface area contributed by atoms with Crippen molar-refractivity contribution in [1.29, 1.82) is 0 Å². The molecule has 6 nitrogen and oxygen atoms in total. The van der Waals surface area contributed by atoms with Crippen LogP contribution in [0.1, 0.15) is 61.7 Å². The topological polar surface area (TPSA) is 71.8 Å². The lowest BCUT2D eigenvalue weighted by Gasteiger charge is -2.29. The van der Waals surface area contributed by atoms with Gasteiger partial charge in [0.2, 0.25) is 5.91 Å². The fourth-order valence-corrected chi connectivity index (χ4v) is 6.13. The van der Waals surface area contributed by atoms with Crippen molar-refractivity contribution in [2.24, 2.45) is 17.8 Å². The summed E-state index contributed by atoms with van der Waals surface area (Å²) >= 11 is 0. The molecule has 28 heavy (non-hydrogen) atoms. The zero-order valence-electron chi connectivity index (χ0n) is 16.4. The van der Waals surface area contributed by atoms with Gasteiger partial charge in [-0.3, -0.25) is 9.59 Å². The number of furan rings is 1. The predicted molar refractivity (Wildman–Crippen MR) is 103 cm³/mol. The summed E-state index contributed by atoms with van der Waals surface area (Å²) in [5, 5.41) is 3.05. The molecule has 4 atom stereocenters. The monoisotopic (exact) mass is 386 g/mol. The summed E-state index contributed by atoms with van der Waals surface area (Å²) in [6.45, 7) is 2.13. The van der Waals surface area contributed by atoms with Crippen molar-refractivity contribution in [3.8, 4) is 0 Å². The first kappa shape index (κ1) is 18.2. The number of likely N-dealkylation sites (tertiary alicyclic amines) is 1. The Morgan fingerprint density at radius 3 is 2.86 bits per heavy atom. The Balaban J connectivity index is 1.21. The maximum atomic E-state index is 12.9. The molecule has 0 unspecified atom stereocenters. The van der Waals surface area contributed by atoms with E-state index in [0.717, 1.165) is 25.9 Å². The molecule has 5 rings (SSSR count). The Labute approximate surface area is 166 Å². The quantitative estimate of drug-likeness (QED) is 0.844. The van der Waals surface area contributed by atoms with E-state index in [1.165, 1.54) is 44.6 Å². The van der Waals surface area contributed by atoms with E-state index in [2.05, 4.69) is 10.2 Å². The molecule has 0 radical (unpaired) electrons. The molecule has 0 aromatic carbocycles. The second-order valence-corrected chi connectivity index (χ2v) is 9.23. The average Bonchev–Trinajstić information content (AvgIpc) is 3.47. The highest BCUT2D eigenvalue weighted by Gasteiger charge is 2.63. The molecule has 3 saturated heterocycles. The summed E-state index contributed by atoms with van der Waals surface area (Å²) in [4.78, 5) is 27.3. The van der Waals surface area contributed by atoms with Gasteiger partial charge >= 0.3 is 0 Å². The van der Waals surface area contributed by atoms with Crippen molar-refractivity contribution >= 4 is 11.8 Å². The second-order valence-electron chi connectivity index (χ2n) is 9.23. The van der Waals surface area contributed by atoms with E-state index < -0.39 is 0 Å². The Hall–Kier alpha value is -1.82. The Kier molecular flexibility index (Phi) is 4.69. The van der Waals surface area contributed by atoms with Crippen LogP contribution in [-0.2, 0) is 9.53 Å². The highest BCUT2D eigenvalue weighted by molar-refractivity contribution is 5.93. The molecular formula is C22H30N2O4. The molecule has 1 N–H and O–H groups in total. The van der Waals surface area contributed by atoms with E-state index in [1.807, 2.05) is 0 Å². The van der Waals surface area contributed by atoms with E-state index in [0.29, 0.717) is 36.3 Å². The van der Waals surface area contributed by atoms with Gasteiger partial charge in [-0.25, -0.2) is 0 Å². The maximum Gasteiger partial charge on any atom is 0.254 e. The molecule has 1 aromatic rings. The average molecular weight is 386 g/mol. The molecule has 152 valence electrons. The minimum absolute atomic E-state index is 0.103. The molecular weight excluding hydrogens is 356 g/mol. The van der Waals surface area contributed by atoms with Crippen molar-refractivity contribution in [3.63, 3.8) is 0 Å². The van der Waals surface area contributed by atoms with Crippen molar-refractivity contribution < 1.29 is 18.7 Å². The van der Waals surface area contributed by atoms with Gasteiger partial charge in [0, 0.05) is 31.3 Å². The Bertz CT molecular complexity index is 727. The zero-order chi connectivity index (χ0) is 19.1. The number of rotatable bonds is 5. The van der Waals surface area contributed by atoms with Gasteiger partial charge in [0.25, 0.3) is 5.91 Å². The van der Waals surface area contributed by atoms with E-state index in [-0.39, 0.29) is 23.5 Å². The minimum atomic E-state index is -0.169. The summed E-state index contributed by atoms with van der Waals surface area (Å²) in [6.07, 6.45) is 12.2. The number of amides is 2. The molecule has 2 amide bonds. The Morgan fingerprint density at radius 2 is 2.07 bits per heavy atom. The normalized spacial score (nSPS) is 34.6. The third-order valence-corrected chi connectivity index (χ3v) is 7.61. The zero-order valence-corrected chi connectivity index (χ0v) is 16.4. The molecule has 2 bridgehead atoms. The number of carbonyl (C=O) groups excluding carboxylic acids is 2. The molecule has 4 fully saturated rings. The van der Waals surface area contributed by atoms with Crippen LogP contribution in [0.15, 0.2) is 23.0 Å². The van der Waals surface area contributed by atoms with Crippen LogP contribution in [0.3, 0.4) is 0 Å². The van der Waals surface area contributed by atoms with Crippen molar-refractivity contribution in [1.82, 2.24) is 10.2 Å². The molecule has 1 saturated carbocycles. The molecule has 1 aromatic heterocycles. The van der Waals surface area contributed by atoms with Gasteiger partial charge in [-0.2, -0.15) is 0 Å². The SMILES string of the molecule is O=C(NC[C@H]1[C@H]2CN(C(=O)CC3CCCCC3)C[C@]23CC[C@H]1O3)c1ccoc1. The lowest BCUT2D eigenvalue weighted by atomic mass is 9.73. The molecule has 4 heterocycles. The van der Waals surface area contributed by atoms with E-state index in [1.54, 1.807) is 6.07 Å². The highest BCUT2D eigenvalue weighted by Crippen LogP contribution is 2.54. The first-order valence-electron chi connectivity index (χ1n) is 10.9. The maximum absolute atomic E-state index is 12.9. The molecule has 6 heteroatoms. The van der Waals surface area contributed by atoms with Gasteiger partial charge in [-0.05, 0) is 37.7 Å². The van der Waals surface area contributed by atoms with Crippen LogP contribution in [0.5, 0.6) is 0 Å². The summed E-state index contributed by atoms with van der Waals surface area (Å²) in [6, 6.07) is 1.68. The number of nitrogens with zero attached hydrogens (tertiary/aromatic N) is 1.